The number of thiazole rings is 1. The van der Waals surface area contributed by atoms with Gasteiger partial charge < -0.3 is 25.8 Å². The van der Waals surface area contributed by atoms with Crippen molar-refractivity contribution in [3.8, 4) is 16.9 Å². The number of halogens is 3. The number of aliphatic hydroxyl groups excluding tert-OH is 3. The second kappa shape index (κ2) is 10.5. The summed E-state index contributed by atoms with van der Waals surface area (Å²) in [6.45, 7) is 1.15. The third kappa shape index (κ3) is 4.60. The van der Waals surface area contributed by atoms with E-state index in [2.05, 4.69) is 25.5 Å². The van der Waals surface area contributed by atoms with Gasteiger partial charge in [0.15, 0.2) is 23.3 Å². The van der Waals surface area contributed by atoms with E-state index in [9.17, 15) is 33.3 Å². The lowest BCUT2D eigenvalue weighted by atomic mass is 9.92. The van der Waals surface area contributed by atoms with E-state index >= 15 is 0 Å². The van der Waals surface area contributed by atoms with E-state index in [0.29, 0.717) is 5.69 Å². The topological polar surface area (TPSA) is 187 Å². The molecule has 0 aliphatic carbocycles. The number of fused-ring (bicyclic) bond motifs is 1. The molecule has 0 radical (unpaired) electrons. The number of carbonyl (C=O) groups is 1. The minimum atomic E-state index is -1.65. The molecule has 1 aliphatic rings. The molecule has 1 amide bonds. The Kier molecular flexibility index (Phi) is 6.98. The van der Waals surface area contributed by atoms with E-state index in [4.69, 9.17) is 10.5 Å². The monoisotopic (exact) mass is 602 g/mol. The molecule has 5 aromatic rings. The first-order valence-electron chi connectivity index (χ1n) is 12.4. The van der Waals surface area contributed by atoms with Gasteiger partial charge in [0.05, 0.1) is 33.7 Å². The average Bonchev–Trinajstić information content (AvgIpc) is 3.69. The van der Waals surface area contributed by atoms with Crippen molar-refractivity contribution in [3.05, 3.63) is 70.6 Å². The molecule has 1 fully saturated rings. The highest BCUT2D eigenvalue weighted by molar-refractivity contribution is 7.18. The number of rotatable bonds is 6. The quantitative estimate of drug-likeness (QED) is 0.207. The first kappa shape index (κ1) is 27.9. The highest BCUT2D eigenvalue weighted by Crippen LogP contribution is 2.39. The summed E-state index contributed by atoms with van der Waals surface area (Å²) in [4.78, 5) is 16.7. The summed E-state index contributed by atoms with van der Waals surface area (Å²) in [5.74, 6) is -5.80. The summed E-state index contributed by atoms with van der Waals surface area (Å²) < 4.78 is 50.1. The van der Waals surface area contributed by atoms with Crippen molar-refractivity contribution in [2.24, 2.45) is 5.73 Å². The molecule has 1 aliphatic heterocycles. The van der Waals surface area contributed by atoms with Crippen LogP contribution in [0.4, 0.5) is 13.2 Å². The number of aromatic nitrogens is 7. The molecular weight excluding hydrogens is 581 g/mol. The Morgan fingerprint density at radius 2 is 1.83 bits per heavy atom. The van der Waals surface area contributed by atoms with Gasteiger partial charge in [-0.3, -0.25) is 9.36 Å². The zero-order valence-electron chi connectivity index (χ0n) is 21.5. The molecule has 3 aromatic heterocycles. The largest absolute Gasteiger partial charge is 0.394 e. The molecule has 0 unspecified atom stereocenters. The second-order valence-electron chi connectivity index (χ2n) is 9.55. The Labute approximate surface area is 237 Å². The van der Waals surface area contributed by atoms with Crippen LogP contribution in [-0.2, 0) is 4.74 Å². The lowest BCUT2D eigenvalue weighted by molar-refractivity contribution is -0.210. The van der Waals surface area contributed by atoms with Crippen molar-refractivity contribution in [1.29, 1.82) is 0 Å². The van der Waals surface area contributed by atoms with E-state index in [0.717, 1.165) is 32.0 Å². The molecule has 218 valence electrons. The first-order chi connectivity index (χ1) is 20.1. The van der Waals surface area contributed by atoms with Gasteiger partial charge in [-0.15, -0.1) is 26.6 Å². The Balaban J connectivity index is 1.42. The summed E-state index contributed by atoms with van der Waals surface area (Å²) in [6.07, 6.45) is -4.70. The zero-order valence-corrected chi connectivity index (χ0v) is 22.3. The van der Waals surface area contributed by atoms with Crippen LogP contribution < -0.4 is 5.73 Å². The van der Waals surface area contributed by atoms with Crippen molar-refractivity contribution in [3.63, 3.8) is 0 Å². The van der Waals surface area contributed by atoms with Crippen molar-refractivity contribution in [2.75, 3.05) is 6.61 Å². The third-order valence-corrected chi connectivity index (χ3v) is 7.82. The molecule has 5 N–H and O–H groups in total. The molecule has 0 saturated carbocycles. The van der Waals surface area contributed by atoms with Crippen LogP contribution in [0.1, 0.15) is 33.6 Å². The van der Waals surface area contributed by atoms with Crippen LogP contribution in [0.3, 0.4) is 0 Å². The number of aliphatic hydroxyl groups is 3. The van der Waals surface area contributed by atoms with Gasteiger partial charge in [-0.05, 0) is 37.3 Å². The molecule has 4 heterocycles. The summed E-state index contributed by atoms with van der Waals surface area (Å²) in [7, 11) is 0. The van der Waals surface area contributed by atoms with E-state index in [1.165, 1.54) is 22.1 Å². The lowest BCUT2D eigenvalue weighted by Crippen LogP contribution is -2.53. The normalized spacial score (nSPS) is 22.6. The van der Waals surface area contributed by atoms with Crippen LogP contribution in [0, 0.1) is 24.4 Å². The number of nitrogens with zero attached hydrogens (tertiary/aromatic N) is 7. The maximum Gasteiger partial charge on any atom is 0.287 e. The number of primary amides is 1. The van der Waals surface area contributed by atoms with Gasteiger partial charge in [0.25, 0.3) is 5.91 Å². The van der Waals surface area contributed by atoms with Crippen molar-refractivity contribution in [2.45, 2.75) is 37.4 Å². The Morgan fingerprint density at radius 3 is 2.52 bits per heavy atom. The fraction of sp³-hybridized carbons (Fsp3) is 0.280. The van der Waals surface area contributed by atoms with Crippen molar-refractivity contribution >= 4 is 27.5 Å². The van der Waals surface area contributed by atoms with E-state index in [-0.39, 0.29) is 22.9 Å². The molecule has 2 aromatic carbocycles. The summed E-state index contributed by atoms with van der Waals surface area (Å²) >= 11 is 1.41. The van der Waals surface area contributed by atoms with Crippen LogP contribution in [0.25, 0.3) is 27.2 Å². The van der Waals surface area contributed by atoms with Gasteiger partial charge in [0.2, 0.25) is 5.82 Å². The maximum absolute atomic E-state index is 13.8. The Hall–Kier alpha value is -4.29. The minimum Gasteiger partial charge on any atom is -0.394 e. The molecule has 1 saturated heterocycles. The summed E-state index contributed by atoms with van der Waals surface area (Å²) in [5.41, 5.74) is 6.45. The highest BCUT2D eigenvalue weighted by Gasteiger charge is 2.48. The van der Waals surface area contributed by atoms with Crippen LogP contribution in [0.15, 0.2) is 36.5 Å². The van der Waals surface area contributed by atoms with E-state index < -0.39 is 60.4 Å². The first-order valence-corrected chi connectivity index (χ1v) is 13.2. The smallest absolute Gasteiger partial charge is 0.287 e. The third-order valence-electron chi connectivity index (χ3n) is 6.89. The number of benzene rings is 2. The SMILES string of the molecule is Cc1nc2ccc(-n3c(C(N)=O)nnc3[C@@H]3O[C@H](CO)[C@H](O)[C@H](n4cc(-c5cc(F)c(F)c(F)c5)nn4)[C@H]3O)cc2s1. The number of ether oxygens (including phenoxy) is 1. The van der Waals surface area contributed by atoms with Crippen molar-refractivity contribution < 1.29 is 38.0 Å². The predicted molar refractivity (Wildman–Crippen MR) is 139 cm³/mol. The summed E-state index contributed by atoms with van der Waals surface area (Å²) in [6, 6.07) is 5.20. The van der Waals surface area contributed by atoms with Crippen LogP contribution in [-0.4, -0.2) is 80.9 Å². The second-order valence-corrected chi connectivity index (χ2v) is 10.8. The standard InChI is InChI=1S/C25H21F3N8O5S/c1-9-30-14-3-2-11(6-17(14)42-9)36-24(32-33-25(36)23(29)40)22-21(39)19(20(38)16(8-37)41-22)35-7-15(31-34-35)10-4-12(26)18(28)13(27)5-10/h2-7,16,19-22,37-39H,8H2,1H3,(H2,29,40)/t16-,19+,20+,21-,22-/m1/s1. The molecule has 0 spiro atoms. The minimum absolute atomic E-state index is 0.0738. The number of hydrogen-bond acceptors (Lipinski definition) is 11. The fourth-order valence-electron chi connectivity index (χ4n) is 4.95. The van der Waals surface area contributed by atoms with E-state index in [1.807, 2.05) is 6.92 Å². The molecule has 5 atom stereocenters. The lowest BCUT2D eigenvalue weighted by Gasteiger charge is -2.41. The molecule has 6 rings (SSSR count). The number of nitrogens with two attached hydrogens (primary N) is 1. The average molecular weight is 603 g/mol. The Bertz CT molecular complexity index is 1800. The molecule has 17 heteroatoms. The van der Waals surface area contributed by atoms with Crippen LogP contribution in [0.5, 0.6) is 0 Å². The number of hydrogen-bond donors (Lipinski definition) is 4. The van der Waals surface area contributed by atoms with Gasteiger partial charge >= 0.3 is 0 Å². The highest BCUT2D eigenvalue weighted by atomic mass is 32.1. The van der Waals surface area contributed by atoms with Crippen LogP contribution >= 0.6 is 11.3 Å². The predicted octanol–water partition coefficient (Wildman–Crippen LogP) is 1.36. The zero-order chi connectivity index (χ0) is 29.9. The number of carbonyl (C=O) groups excluding carboxylic acids is 1. The molecule has 13 nitrogen and oxygen atoms in total. The maximum atomic E-state index is 13.8. The molecule has 0 bridgehead atoms. The van der Waals surface area contributed by atoms with Gasteiger partial charge in [-0.25, -0.2) is 22.8 Å². The number of aryl methyl sites for hydroxylation is 1. The Morgan fingerprint density at radius 1 is 1.10 bits per heavy atom. The number of amides is 1. The molecule has 42 heavy (non-hydrogen) atoms. The summed E-state index contributed by atoms with van der Waals surface area (Å²) in [5, 5.41) is 49.0. The van der Waals surface area contributed by atoms with Crippen molar-refractivity contribution in [1.82, 2.24) is 34.7 Å². The fourth-order valence-corrected chi connectivity index (χ4v) is 5.81. The van der Waals surface area contributed by atoms with Crippen LogP contribution in [0.2, 0.25) is 0 Å². The molecular formula is C25H21F3N8O5S. The van der Waals surface area contributed by atoms with E-state index in [1.54, 1.807) is 18.2 Å². The van der Waals surface area contributed by atoms with Gasteiger partial charge in [-0.2, -0.15) is 0 Å². The van der Waals surface area contributed by atoms with Gasteiger partial charge in [0, 0.05) is 5.56 Å². The van der Waals surface area contributed by atoms with Gasteiger partial charge in [0.1, 0.15) is 36.2 Å². The van der Waals surface area contributed by atoms with Gasteiger partial charge in [-0.1, -0.05) is 5.21 Å².